The van der Waals surface area contributed by atoms with Crippen LogP contribution in [0, 0.1) is 0 Å². The van der Waals surface area contributed by atoms with Crippen LogP contribution in [-0.4, -0.2) is 61.3 Å². The summed E-state index contributed by atoms with van der Waals surface area (Å²) in [7, 11) is 1.83. The highest BCUT2D eigenvalue weighted by molar-refractivity contribution is 4.92. The zero-order valence-corrected chi connectivity index (χ0v) is 12.4. The molecule has 0 aliphatic carbocycles. The predicted octanol–water partition coefficient (Wildman–Crippen LogP) is 2.36. The SMILES string of the molecule is CCC(COC)N1CC2CCCCN2CC1CC. The van der Waals surface area contributed by atoms with Crippen LogP contribution >= 0.6 is 0 Å². The van der Waals surface area contributed by atoms with E-state index in [1.165, 1.54) is 51.7 Å². The number of hydrogen-bond donors (Lipinski definition) is 0. The molecule has 0 saturated carbocycles. The maximum atomic E-state index is 5.42. The van der Waals surface area contributed by atoms with E-state index < -0.39 is 0 Å². The lowest BCUT2D eigenvalue weighted by Crippen LogP contribution is -2.62. The van der Waals surface area contributed by atoms with E-state index in [1.54, 1.807) is 0 Å². The second-order valence-corrected chi connectivity index (χ2v) is 5.92. The first kappa shape index (κ1) is 14.3. The molecule has 2 heterocycles. The first-order chi connectivity index (χ1) is 8.80. The van der Waals surface area contributed by atoms with Gasteiger partial charge in [0.2, 0.25) is 0 Å². The minimum Gasteiger partial charge on any atom is -0.383 e. The van der Waals surface area contributed by atoms with E-state index in [9.17, 15) is 0 Å². The van der Waals surface area contributed by atoms with Gasteiger partial charge in [0.1, 0.15) is 0 Å². The van der Waals surface area contributed by atoms with Crippen molar-refractivity contribution in [3.05, 3.63) is 0 Å². The minimum atomic E-state index is 0.615. The fourth-order valence-corrected chi connectivity index (χ4v) is 3.73. The molecule has 2 saturated heterocycles. The Hall–Kier alpha value is -0.120. The van der Waals surface area contributed by atoms with Gasteiger partial charge in [0, 0.05) is 38.3 Å². The first-order valence-corrected chi connectivity index (χ1v) is 7.78. The molecule has 3 unspecified atom stereocenters. The summed E-state index contributed by atoms with van der Waals surface area (Å²) < 4.78 is 5.42. The molecule has 3 heteroatoms. The Bertz CT molecular complexity index is 247. The Morgan fingerprint density at radius 2 is 2.06 bits per heavy atom. The Morgan fingerprint density at radius 3 is 2.72 bits per heavy atom. The molecule has 0 spiro atoms. The van der Waals surface area contributed by atoms with Crippen molar-refractivity contribution in [2.24, 2.45) is 0 Å². The number of methoxy groups -OCH3 is 1. The van der Waals surface area contributed by atoms with Gasteiger partial charge in [0.25, 0.3) is 0 Å². The molecule has 106 valence electrons. The van der Waals surface area contributed by atoms with Crippen LogP contribution in [0.4, 0.5) is 0 Å². The van der Waals surface area contributed by atoms with Crippen molar-refractivity contribution in [3.8, 4) is 0 Å². The molecule has 2 rings (SSSR count). The summed E-state index contributed by atoms with van der Waals surface area (Å²) in [6.45, 7) is 9.39. The largest absolute Gasteiger partial charge is 0.383 e. The number of ether oxygens (including phenoxy) is 1. The number of nitrogens with zero attached hydrogens (tertiary/aromatic N) is 2. The molecule has 0 aromatic rings. The average molecular weight is 254 g/mol. The van der Waals surface area contributed by atoms with Gasteiger partial charge in [0.15, 0.2) is 0 Å². The van der Waals surface area contributed by atoms with Crippen molar-refractivity contribution in [1.29, 1.82) is 0 Å². The predicted molar refractivity (Wildman–Crippen MR) is 76.0 cm³/mol. The van der Waals surface area contributed by atoms with E-state index in [0.29, 0.717) is 6.04 Å². The smallest absolute Gasteiger partial charge is 0.0618 e. The van der Waals surface area contributed by atoms with Crippen LogP contribution in [0.25, 0.3) is 0 Å². The topological polar surface area (TPSA) is 15.7 Å². The number of piperidine rings is 1. The molecule has 0 amide bonds. The van der Waals surface area contributed by atoms with E-state index in [4.69, 9.17) is 4.74 Å². The summed E-state index contributed by atoms with van der Waals surface area (Å²) in [6.07, 6.45) is 6.70. The van der Waals surface area contributed by atoms with E-state index in [1.807, 2.05) is 7.11 Å². The summed E-state index contributed by atoms with van der Waals surface area (Å²) in [6, 6.07) is 2.16. The quantitative estimate of drug-likeness (QED) is 0.749. The van der Waals surface area contributed by atoms with Gasteiger partial charge in [-0.2, -0.15) is 0 Å². The molecular weight excluding hydrogens is 224 g/mol. The molecule has 2 fully saturated rings. The lowest BCUT2D eigenvalue weighted by atomic mass is 9.94. The van der Waals surface area contributed by atoms with Crippen molar-refractivity contribution < 1.29 is 4.74 Å². The zero-order valence-electron chi connectivity index (χ0n) is 12.4. The van der Waals surface area contributed by atoms with Crippen LogP contribution in [0.15, 0.2) is 0 Å². The van der Waals surface area contributed by atoms with Gasteiger partial charge < -0.3 is 4.74 Å². The monoisotopic (exact) mass is 254 g/mol. The molecule has 18 heavy (non-hydrogen) atoms. The molecule has 0 aromatic carbocycles. The van der Waals surface area contributed by atoms with Crippen molar-refractivity contribution >= 4 is 0 Å². The first-order valence-electron chi connectivity index (χ1n) is 7.78. The third-order valence-corrected chi connectivity index (χ3v) is 4.86. The van der Waals surface area contributed by atoms with Crippen LogP contribution in [0.1, 0.15) is 46.0 Å². The van der Waals surface area contributed by atoms with E-state index in [0.717, 1.165) is 18.7 Å². The van der Waals surface area contributed by atoms with Crippen LogP contribution in [0.3, 0.4) is 0 Å². The van der Waals surface area contributed by atoms with Gasteiger partial charge in [-0.3, -0.25) is 9.80 Å². The van der Waals surface area contributed by atoms with E-state index >= 15 is 0 Å². The van der Waals surface area contributed by atoms with Crippen molar-refractivity contribution in [2.45, 2.75) is 64.1 Å². The van der Waals surface area contributed by atoms with Gasteiger partial charge in [0.05, 0.1) is 6.61 Å². The molecule has 2 aliphatic rings. The second kappa shape index (κ2) is 6.88. The van der Waals surface area contributed by atoms with Crippen LogP contribution < -0.4 is 0 Å². The summed E-state index contributed by atoms with van der Waals surface area (Å²) in [5.41, 5.74) is 0. The standard InChI is InChI=1S/C15H30N2O/c1-4-13-10-16-9-7-6-8-15(16)11-17(13)14(5-2)12-18-3/h13-15H,4-12H2,1-3H3. The highest BCUT2D eigenvalue weighted by Crippen LogP contribution is 2.27. The molecule has 0 aromatic heterocycles. The molecular formula is C15H30N2O. The Morgan fingerprint density at radius 1 is 1.22 bits per heavy atom. The zero-order chi connectivity index (χ0) is 13.0. The normalized spacial score (nSPS) is 32.2. The summed E-state index contributed by atoms with van der Waals surface area (Å²) in [5.74, 6) is 0. The molecule has 0 bridgehead atoms. The maximum absolute atomic E-state index is 5.42. The lowest BCUT2D eigenvalue weighted by Gasteiger charge is -2.50. The Balaban J connectivity index is 2.02. The molecule has 3 nitrogen and oxygen atoms in total. The van der Waals surface area contributed by atoms with Gasteiger partial charge in [-0.25, -0.2) is 0 Å². The van der Waals surface area contributed by atoms with Crippen LogP contribution in [0.5, 0.6) is 0 Å². The number of rotatable bonds is 5. The lowest BCUT2D eigenvalue weighted by molar-refractivity contribution is -0.0336. The fraction of sp³-hybridized carbons (Fsp3) is 1.00. The maximum Gasteiger partial charge on any atom is 0.0618 e. The summed E-state index contributed by atoms with van der Waals surface area (Å²) >= 11 is 0. The fourth-order valence-electron chi connectivity index (χ4n) is 3.73. The molecule has 0 N–H and O–H groups in total. The highest BCUT2D eigenvalue weighted by Gasteiger charge is 2.36. The van der Waals surface area contributed by atoms with Gasteiger partial charge in [-0.05, 0) is 32.2 Å². The van der Waals surface area contributed by atoms with Gasteiger partial charge in [-0.15, -0.1) is 0 Å². The third kappa shape index (κ3) is 3.06. The van der Waals surface area contributed by atoms with Crippen LogP contribution in [-0.2, 0) is 4.74 Å². The molecule has 3 atom stereocenters. The molecule has 0 radical (unpaired) electrons. The second-order valence-electron chi connectivity index (χ2n) is 5.92. The summed E-state index contributed by atoms with van der Waals surface area (Å²) in [4.78, 5) is 5.49. The average Bonchev–Trinajstić information content (AvgIpc) is 2.43. The van der Waals surface area contributed by atoms with Gasteiger partial charge in [-0.1, -0.05) is 20.3 Å². The number of piperazine rings is 1. The Kier molecular flexibility index (Phi) is 5.46. The minimum absolute atomic E-state index is 0.615. The number of fused-ring (bicyclic) bond motifs is 1. The van der Waals surface area contributed by atoms with Crippen molar-refractivity contribution in [3.63, 3.8) is 0 Å². The van der Waals surface area contributed by atoms with Crippen LogP contribution in [0.2, 0.25) is 0 Å². The summed E-state index contributed by atoms with van der Waals surface area (Å²) in [5, 5.41) is 0. The highest BCUT2D eigenvalue weighted by atomic mass is 16.5. The van der Waals surface area contributed by atoms with Gasteiger partial charge >= 0.3 is 0 Å². The van der Waals surface area contributed by atoms with E-state index in [-0.39, 0.29) is 0 Å². The molecule has 2 aliphatic heterocycles. The third-order valence-electron chi connectivity index (χ3n) is 4.86. The number of hydrogen-bond acceptors (Lipinski definition) is 3. The Labute approximate surface area is 112 Å². The van der Waals surface area contributed by atoms with Crippen molar-refractivity contribution in [2.75, 3.05) is 33.4 Å². The van der Waals surface area contributed by atoms with Crippen molar-refractivity contribution in [1.82, 2.24) is 9.80 Å². The van der Waals surface area contributed by atoms with E-state index in [2.05, 4.69) is 23.6 Å².